The highest BCUT2D eigenvalue weighted by molar-refractivity contribution is 14.1. The zero-order chi connectivity index (χ0) is 21.8. The van der Waals surface area contributed by atoms with Crippen LogP contribution in [0.2, 0.25) is 0 Å². The summed E-state index contributed by atoms with van der Waals surface area (Å²) in [6, 6.07) is 9.21. The van der Waals surface area contributed by atoms with Crippen molar-refractivity contribution < 1.29 is 26.1 Å². The molecule has 6 nitrogen and oxygen atoms in total. The van der Waals surface area contributed by atoms with Gasteiger partial charge in [-0.1, -0.05) is 12.1 Å². The molecule has 0 radical (unpaired) electrons. The number of hydrogen-bond acceptors (Lipinski definition) is 4. The third kappa shape index (κ3) is 5.94. The molecule has 0 saturated heterocycles. The van der Waals surface area contributed by atoms with E-state index in [1.54, 1.807) is 46.9 Å². The minimum Gasteiger partial charge on any atom is -0.497 e. The molecule has 2 aromatic rings. The second-order valence-corrected chi connectivity index (χ2v) is 10.4. The molecule has 0 heterocycles. The van der Waals surface area contributed by atoms with E-state index in [1.165, 1.54) is 27.1 Å². The average Bonchev–Trinajstić information content (AvgIpc) is 2.64. The summed E-state index contributed by atoms with van der Waals surface area (Å²) in [7, 11) is -1.02. The molecule has 11 heteroatoms. The van der Waals surface area contributed by atoms with E-state index in [1.807, 2.05) is 0 Å². The van der Waals surface area contributed by atoms with Crippen LogP contribution in [0.5, 0.6) is 5.75 Å². The zero-order valence-electron chi connectivity index (χ0n) is 15.9. The summed E-state index contributed by atoms with van der Waals surface area (Å²) in [5, 5.41) is 0. The minimum absolute atomic E-state index is 0.0701. The van der Waals surface area contributed by atoms with Crippen molar-refractivity contribution in [2.45, 2.75) is 19.0 Å². The number of sulfonamides is 1. The number of nitrogens with one attached hydrogen (secondary N) is 1. The quantitative estimate of drug-likeness (QED) is 0.282. The Labute approximate surface area is 186 Å². The lowest BCUT2D eigenvalue weighted by Gasteiger charge is -2.31. The molecule has 2 rings (SSSR count). The monoisotopic (exact) mass is 558 g/mol. The normalized spacial score (nSPS) is 14.0. The fraction of sp³-hybridized carbons (Fsp3) is 0.333. The highest BCUT2D eigenvalue weighted by Gasteiger charge is 2.37. The highest BCUT2D eigenvalue weighted by atomic mass is 127. The first-order chi connectivity index (χ1) is 13.5. The van der Waals surface area contributed by atoms with Gasteiger partial charge in [0.1, 0.15) is 5.75 Å². The van der Waals surface area contributed by atoms with Gasteiger partial charge in [0.25, 0.3) is 0 Å². The number of ether oxygens (including phenoxy) is 1. The van der Waals surface area contributed by atoms with Crippen molar-refractivity contribution in [1.82, 2.24) is 9.03 Å². The third-order valence-corrected chi connectivity index (χ3v) is 7.62. The standard InChI is InChI=1S/C18H21F2IN2O4S2/c1-18(22-28-24,15-8-13(21)9-16(19)17(15)20)11-29(25,26)23(2)10-12-4-6-14(27-3)7-5-12/h4-9,28H,10-11H2,1-3H3,(H,22,24). The summed E-state index contributed by atoms with van der Waals surface area (Å²) in [4.78, 5) is 0. The van der Waals surface area contributed by atoms with Crippen LogP contribution in [0.15, 0.2) is 36.4 Å². The molecule has 0 aliphatic rings. The lowest BCUT2D eigenvalue weighted by molar-refractivity contribution is 0.410. The van der Waals surface area contributed by atoms with E-state index in [-0.39, 0.29) is 12.1 Å². The number of halogens is 3. The molecule has 0 amide bonds. The van der Waals surface area contributed by atoms with E-state index in [4.69, 9.17) is 4.74 Å². The molecule has 0 saturated carbocycles. The van der Waals surface area contributed by atoms with Crippen LogP contribution in [-0.2, 0) is 34.0 Å². The first-order valence-corrected chi connectivity index (χ1v) is 11.8. The van der Waals surface area contributed by atoms with Crippen molar-refractivity contribution in [2.75, 3.05) is 19.9 Å². The number of benzene rings is 2. The number of rotatable bonds is 9. The lowest BCUT2D eigenvalue weighted by atomic mass is 9.94. The summed E-state index contributed by atoms with van der Waals surface area (Å²) in [6.45, 7) is 1.44. The van der Waals surface area contributed by atoms with Gasteiger partial charge >= 0.3 is 0 Å². The van der Waals surface area contributed by atoms with Crippen molar-refractivity contribution in [1.29, 1.82) is 0 Å². The smallest absolute Gasteiger partial charge is 0.216 e. The fourth-order valence-electron chi connectivity index (χ4n) is 2.79. The molecule has 2 aromatic carbocycles. The summed E-state index contributed by atoms with van der Waals surface area (Å²) in [5.41, 5.74) is -1.12. The van der Waals surface area contributed by atoms with Crippen molar-refractivity contribution in [3.05, 3.63) is 62.7 Å². The Balaban J connectivity index is 2.33. The van der Waals surface area contributed by atoms with Crippen LogP contribution < -0.4 is 9.46 Å². The molecule has 160 valence electrons. The van der Waals surface area contributed by atoms with Gasteiger partial charge in [0.2, 0.25) is 10.0 Å². The molecule has 29 heavy (non-hydrogen) atoms. The maximum Gasteiger partial charge on any atom is 0.216 e. The maximum absolute atomic E-state index is 14.5. The molecule has 1 unspecified atom stereocenters. The third-order valence-electron chi connectivity index (χ3n) is 4.39. The van der Waals surface area contributed by atoms with Crippen molar-refractivity contribution in [3.63, 3.8) is 0 Å². The Kier molecular flexibility index (Phi) is 8.13. The molecule has 1 N–H and O–H groups in total. The van der Waals surface area contributed by atoms with Crippen molar-refractivity contribution >= 4 is 44.5 Å². The van der Waals surface area contributed by atoms with Crippen molar-refractivity contribution in [2.24, 2.45) is 0 Å². The molecule has 0 aromatic heterocycles. The average molecular weight is 558 g/mol. The van der Waals surface area contributed by atoms with Gasteiger partial charge < -0.3 is 4.74 Å². The summed E-state index contributed by atoms with van der Waals surface area (Å²) < 4.78 is 74.5. The van der Waals surface area contributed by atoms with Crippen LogP contribution in [0.4, 0.5) is 8.78 Å². The predicted octanol–water partition coefficient (Wildman–Crippen LogP) is 2.70. The predicted molar refractivity (Wildman–Crippen MR) is 117 cm³/mol. The Hall–Kier alpha value is -1.15. The van der Waals surface area contributed by atoms with Gasteiger partial charge in [-0.05, 0) is 59.3 Å². The molecule has 0 spiro atoms. The molecule has 0 aliphatic heterocycles. The number of thiol groups is 1. The summed E-state index contributed by atoms with van der Waals surface area (Å²) >= 11 is 1.19. The number of hydrogen-bond donors (Lipinski definition) is 2. The highest BCUT2D eigenvalue weighted by Crippen LogP contribution is 2.30. The van der Waals surface area contributed by atoms with E-state index >= 15 is 0 Å². The zero-order valence-corrected chi connectivity index (χ0v) is 19.8. The molecule has 0 bridgehead atoms. The van der Waals surface area contributed by atoms with Crippen LogP contribution in [0.1, 0.15) is 18.1 Å². The van der Waals surface area contributed by atoms with E-state index in [0.29, 0.717) is 9.32 Å². The fourth-order valence-corrected chi connectivity index (χ4v) is 5.41. The summed E-state index contributed by atoms with van der Waals surface area (Å²) in [6.07, 6.45) is 0. The van der Waals surface area contributed by atoms with Gasteiger partial charge in [-0.15, -0.1) is 0 Å². The van der Waals surface area contributed by atoms with Crippen LogP contribution >= 0.6 is 22.6 Å². The van der Waals surface area contributed by atoms with Gasteiger partial charge in [-0.25, -0.2) is 30.4 Å². The van der Waals surface area contributed by atoms with Crippen molar-refractivity contribution in [3.8, 4) is 5.75 Å². The second kappa shape index (κ2) is 9.77. The van der Waals surface area contributed by atoms with Gasteiger partial charge in [-0.3, -0.25) is 0 Å². The largest absolute Gasteiger partial charge is 0.497 e. The summed E-state index contributed by atoms with van der Waals surface area (Å²) in [5.74, 6) is -2.27. The van der Waals surface area contributed by atoms with Crippen LogP contribution in [-0.4, -0.2) is 36.8 Å². The van der Waals surface area contributed by atoms with Gasteiger partial charge in [0.05, 0.1) is 30.3 Å². The van der Waals surface area contributed by atoms with E-state index in [9.17, 15) is 21.4 Å². The minimum atomic E-state index is -3.94. The van der Waals surface area contributed by atoms with Crippen LogP contribution in [0.25, 0.3) is 0 Å². The SMILES string of the molecule is COc1ccc(CN(C)S(=O)(=O)CC(C)(N[SH]=O)c2cc(I)cc(F)c2F)cc1. The molecule has 1 atom stereocenters. The molecule has 0 fully saturated rings. The van der Waals surface area contributed by atoms with Gasteiger partial charge in [0.15, 0.2) is 11.6 Å². The lowest BCUT2D eigenvalue weighted by Crippen LogP contribution is -2.47. The second-order valence-electron chi connectivity index (χ2n) is 6.64. The Morgan fingerprint density at radius 2 is 1.86 bits per heavy atom. The van der Waals surface area contributed by atoms with E-state index in [2.05, 4.69) is 4.72 Å². The Morgan fingerprint density at radius 3 is 2.41 bits per heavy atom. The molecular weight excluding hydrogens is 537 g/mol. The van der Waals surface area contributed by atoms with Gasteiger partial charge in [0, 0.05) is 22.7 Å². The Morgan fingerprint density at radius 1 is 1.24 bits per heavy atom. The van der Waals surface area contributed by atoms with E-state index in [0.717, 1.165) is 15.9 Å². The number of methoxy groups -OCH3 is 1. The first kappa shape index (κ1) is 24.1. The first-order valence-electron chi connectivity index (χ1n) is 8.34. The molecule has 0 aliphatic carbocycles. The Bertz CT molecular complexity index is 990. The molecular formula is C18H21F2IN2O4S2. The maximum atomic E-state index is 14.5. The van der Waals surface area contributed by atoms with Gasteiger partial charge in [-0.2, -0.15) is 0 Å². The number of nitrogens with zero attached hydrogens (tertiary/aromatic N) is 1. The van der Waals surface area contributed by atoms with Crippen LogP contribution in [0, 0.1) is 15.2 Å². The van der Waals surface area contributed by atoms with Crippen LogP contribution in [0.3, 0.4) is 0 Å². The van der Waals surface area contributed by atoms with E-state index < -0.39 is 44.8 Å². The topological polar surface area (TPSA) is 75.7 Å².